The molecule has 0 nitrogen and oxygen atoms in total. The zero-order valence-corrected chi connectivity index (χ0v) is 4.94. The maximum Gasteiger partial charge on any atom is -0.0173 e. The lowest BCUT2D eigenvalue weighted by molar-refractivity contribution is 0.610. The molecular weight excluding hydrogens is 84.1 g/mol. The third-order valence-corrected chi connectivity index (χ3v) is 1.82. The van der Waals surface area contributed by atoms with Crippen molar-refractivity contribution in [3.05, 3.63) is 12.7 Å². The van der Waals surface area contributed by atoms with E-state index in [1.54, 1.807) is 6.08 Å². The van der Waals surface area contributed by atoms with Gasteiger partial charge >= 0.3 is 0 Å². The van der Waals surface area contributed by atoms with Gasteiger partial charge in [0.2, 0.25) is 0 Å². The van der Waals surface area contributed by atoms with Crippen molar-refractivity contribution in [1.82, 2.24) is 0 Å². The van der Waals surface area contributed by atoms with Crippen LogP contribution in [-0.4, -0.2) is 0 Å². The minimum Gasteiger partial charge on any atom is -0.0809 e. The summed E-state index contributed by atoms with van der Waals surface area (Å²) in [6.07, 6.45) is 3.09. The number of hydrogen-bond donors (Lipinski definition) is 0. The first-order valence-electron chi connectivity index (χ1n) is 2.72. The van der Waals surface area contributed by atoms with Crippen LogP contribution in [0, 0.1) is 17.9 Å². The second kappa shape index (κ2) is 1.12. The SMILES string of the molecule is [CH]=CC1CC1(C)C. The second-order valence-electron chi connectivity index (χ2n) is 2.99. The number of rotatable bonds is 1. The molecule has 0 spiro atoms. The van der Waals surface area contributed by atoms with Crippen LogP contribution in [0.5, 0.6) is 0 Å². The molecule has 1 aliphatic carbocycles. The van der Waals surface area contributed by atoms with Crippen molar-refractivity contribution in [2.45, 2.75) is 20.3 Å². The van der Waals surface area contributed by atoms with Gasteiger partial charge in [0, 0.05) is 0 Å². The predicted octanol–water partition coefficient (Wildman–Crippen LogP) is 2.02. The lowest BCUT2D eigenvalue weighted by atomic mass is 10.1. The highest BCUT2D eigenvalue weighted by atomic mass is 14.5. The molecule has 1 saturated carbocycles. The average Bonchev–Trinajstić information content (AvgIpc) is 2.13. The standard InChI is InChI=1S/C7H11/c1-4-6-5-7(6,2)3/h1,4,6H,5H2,2-3H3. The molecule has 1 unspecified atom stereocenters. The molecule has 0 aliphatic heterocycles. The zero-order chi connectivity index (χ0) is 5.49. The molecule has 1 fully saturated rings. The summed E-state index contributed by atoms with van der Waals surface area (Å²) in [5.74, 6) is 0.701. The Hall–Kier alpha value is -0.260. The van der Waals surface area contributed by atoms with Crippen LogP contribution in [-0.2, 0) is 0 Å². The van der Waals surface area contributed by atoms with Crippen LogP contribution in [0.3, 0.4) is 0 Å². The Labute approximate surface area is 45.2 Å². The van der Waals surface area contributed by atoms with Crippen molar-refractivity contribution in [3.63, 3.8) is 0 Å². The maximum atomic E-state index is 5.28. The third kappa shape index (κ3) is 0.696. The van der Waals surface area contributed by atoms with Crippen LogP contribution in [0.25, 0.3) is 0 Å². The van der Waals surface area contributed by atoms with E-state index in [9.17, 15) is 0 Å². The molecule has 39 valence electrons. The molecule has 0 aromatic rings. The van der Waals surface area contributed by atoms with E-state index in [0.717, 1.165) is 0 Å². The van der Waals surface area contributed by atoms with E-state index in [4.69, 9.17) is 6.58 Å². The number of allylic oxidation sites excluding steroid dienone is 1. The van der Waals surface area contributed by atoms with E-state index >= 15 is 0 Å². The van der Waals surface area contributed by atoms with E-state index in [1.165, 1.54) is 6.42 Å². The van der Waals surface area contributed by atoms with Crippen molar-refractivity contribution < 1.29 is 0 Å². The molecule has 0 aromatic heterocycles. The van der Waals surface area contributed by atoms with Gasteiger partial charge in [-0.15, -0.1) is 0 Å². The molecule has 0 N–H and O–H groups in total. The minimum atomic E-state index is 0.536. The van der Waals surface area contributed by atoms with Crippen molar-refractivity contribution in [1.29, 1.82) is 0 Å². The molecule has 0 saturated heterocycles. The molecular formula is C7H11. The zero-order valence-electron chi connectivity index (χ0n) is 4.94. The van der Waals surface area contributed by atoms with Crippen molar-refractivity contribution in [2.24, 2.45) is 11.3 Å². The summed E-state index contributed by atoms with van der Waals surface area (Å²) in [5.41, 5.74) is 0.536. The Balaban J connectivity index is 2.44. The number of hydrogen-bond acceptors (Lipinski definition) is 0. The molecule has 7 heavy (non-hydrogen) atoms. The fourth-order valence-corrected chi connectivity index (χ4v) is 0.836. The Kier molecular flexibility index (Phi) is 0.781. The van der Waals surface area contributed by atoms with Gasteiger partial charge in [0.1, 0.15) is 0 Å². The fraction of sp³-hybridized carbons (Fsp3) is 0.714. The summed E-state index contributed by atoms with van der Waals surface area (Å²) >= 11 is 0. The quantitative estimate of drug-likeness (QED) is 0.467. The molecule has 0 aromatic carbocycles. The van der Waals surface area contributed by atoms with Crippen LogP contribution in [0.15, 0.2) is 6.08 Å². The van der Waals surface area contributed by atoms with Crippen LogP contribution >= 0.6 is 0 Å². The highest BCUT2D eigenvalue weighted by Crippen LogP contribution is 2.51. The Bertz CT molecular complexity index is 90.2. The lowest BCUT2D eigenvalue weighted by Gasteiger charge is -1.93. The molecule has 0 bridgehead atoms. The van der Waals surface area contributed by atoms with Crippen LogP contribution in [0.2, 0.25) is 0 Å². The van der Waals surface area contributed by atoms with Gasteiger partial charge in [-0.1, -0.05) is 26.5 Å². The minimum absolute atomic E-state index is 0.536. The highest BCUT2D eigenvalue weighted by molar-refractivity contribution is 5.03. The van der Waals surface area contributed by atoms with Gasteiger partial charge in [-0.3, -0.25) is 0 Å². The van der Waals surface area contributed by atoms with Crippen molar-refractivity contribution >= 4 is 0 Å². The third-order valence-electron chi connectivity index (χ3n) is 1.82. The summed E-state index contributed by atoms with van der Waals surface area (Å²) in [4.78, 5) is 0. The molecule has 1 rings (SSSR count). The van der Waals surface area contributed by atoms with E-state index in [-0.39, 0.29) is 0 Å². The summed E-state index contributed by atoms with van der Waals surface area (Å²) in [6, 6.07) is 0. The normalized spacial score (nSPS) is 34.9. The molecule has 1 radical (unpaired) electrons. The second-order valence-corrected chi connectivity index (χ2v) is 2.99. The van der Waals surface area contributed by atoms with Gasteiger partial charge in [0.25, 0.3) is 0 Å². The Morgan fingerprint density at radius 1 is 1.71 bits per heavy atom. The van der Waals surface area contributed by atoms with Crippen molar-refractivity contribution in [2.75, 3.05) is 0 Å². The molecule has 0 amide bonds. The fourth-order valence-electron chi connectivity index (χ4n) is 0.836. The lowest BCUT2D eigenvalue weighted by Crippen LogP contribution is -1.84. The monoisotopic (exact) mass is 95.1 g/mol. The maximum absolute atomic E-state index is 5.28. The summed E-state index contributed by atoms with van der Waals surface area (Å²) in [6.45, 7) is 9.76. The van der Waals surface area contributed by atoms with E-state index in [0.29, 0.717) is 11.3 Å². The first-order valence-corrected chi connectivity index (χ1v) is 2.72. The van der Waals surface area contributed by atoms with E-state index < -0.39 is 0 Å². The van der Waals surface area contributed by atoms with Crippen LogP contribution < -0.4 is 0 Å². The molecule has 1 aliphatic rings. The average molecular weight is 95.2 g/mol. The highest BCUT2D eigenvalue weighted by Gasteiger charge is 2.42. The topological polar surface area (TPSA) is 0 Å². The van der Waals surface area contributed by atoms with Gasteiger partial charge in [0.15, 0.2) is 0 Å². The molecule has 0 heterocycles. The predicted molar refractivity (Wildman–Crippen MR) is 30.8 cm³/mol. The van der Waals surface area contributed by atoms with Gasteiger partial charge < -0.3 is 0 Å². The molecule has 0 heteroatoms. The van der Waals surface area contributed by atoms with Gasteiger partial charge in [-0.25, -0.2) is 0 Å². The molecule has 1 atom stereocenters. The van der Waals surface area contributed by atoms with Crippen molar-refractivity contribution in [3.8, 4) is 0 Å². The smallest absolute Gasteiger partial charge is 0.0173 e. The van der Waals surface area contributed by atoms with E-state index in [1.807, 2.05) is 0 Å². The van der Waals surface area contributed by atoms with Gasteiger partial charge in [-0.2, -0.15) is 0 Å². The Morgan fingerprint density at radius 3 is 2.14 bits per heavy atom. The van der Waals surface area contributed by atoms with Crippen LogP contribution in [0.1, 0.15) is 20.3 Å². The van der Waals surface area contributed by atoms with Gasteiger partial charge in [-0.05, 0) is 17.8 Å². The largest absolute Gasteiger partial charge is 0.0809 e. The van der Waals surface area contributed by atoms with Gasteiger partial charge in [0.05, 0.1) is 0 Å². The first-order chi connectivity index (χ1) is 3.17. The summed E-state index contributed by atoms with van der Waals surface area (Å²) < 4.78 is 0. The van der Waals surface area contributed by atoms with E-state index in [2.05, 4.69) is 13.8 Å². The van der Waals surface area contributed by atoms with Crippen LogP contribution in [0.4, 0.5) is 0 Å². The summed E-state index contributed by atoms with van der Waals surface area (Å²) in [5, 5.41) is 0. The Morgan fingerprint density at radius 2 is 2.14 bits per heavy atom. The first kappa shape index (κ1) is 4.89. The summed E-state index contributed by atoms with van der Waals surface area (Å²) in [7, 11) is 0.